The van der Waals surface area contributed by atoms with Crippen molar-refractivity contribution in [1.82, 2.24) is 29.7 Å². The summed E-state index contributed by atoms with van der Waals surface area (Å²) in [5, 5.41) is 7.96. The Morgan fingerprint density at radius 3 is 2.24 bits per heavy atom. The number of pyridine rings is 1. The fourth-order valence-electron chi connectivity index (χ4n) is 4.06. The van der Waals surface area contributed by atoms with Crippen molar-refractivity contribution < 1.29 is 17.9 Å². The molecule has 194 valence electrons. The van der Waals surface area contributed by atoms with Gasteiger partial charge in [-0.3, -0.25) is 19.5 Å². The van der Waals surface area contributed by atoms with Crippen molar-refractivity contribution in [3.8, 4) is 28.6 Å². The Hall–Kier alpha value is -3.86. The molecule has 2 atom stereocenters. The number of nitrogens with zero attached hydrogens (tertiary/aromatic N) is 6. The van der Waals surface area contributed by atoms with Crippen LogP contribution in [0, 0.1) is 13.8 Å². The van der Waals surface area contributed by atoms with Crippen LogP contribution in [0.25, 0.3) is 17.1 Å². The number of rotatable bonds is 9. The van der Waals surface area contributed by atoms with Crippen molar-refractivity contribution in [2.45, 2.75) is 44.6 Å². The zero-order valence-electron chi connectivity index (χ0n) is 21.7. The van der Waals surface area contributed by atoms with E-state index in [-0.39, 0.29) is 17.5 Å². The van der Waals surface area contributed by atoms with E-state index in [1.165, 1.54) is 0 Å². The number of para-hydroxylation sites is 1. The van der Waals surface area contributed by atoms with Gasteiger partial charge in [0.25, 0.3) is 0 Å². The second-order valence-corrected chi connectivity index (χ2v) is 11.3. The summed E-state index contributed by atoms with van der Waals surface area (Å²) in [7, 11) is -0.624. The normalized spacial score (nSPS) is 13.2. The predicted molar refractivity (Wildman–Crippen MR) is 140 cm³/mol. The van der Waals surface area contributed by atoms with Gasteiger partial charge in [0, 0.05) is 36.3 Å². The molecular formula is C26H30N6O4S. The van der Waals surface area contributed by atoms with E-state index < -0.39 is 15.1 Å². The molecule has 0 aliphatic rings. The summed E-state index contributed by atoms with van der Waals surface area (Å²) in [4.78, 5) is 12.9. The van der Waals surface area contributed by atoms with Gasteiger partial charge in [-0.2, -0.15) is 0 Å². The summed E-state index contributed by atoms with van der Waals surface area (Å²) >= 11 is 0. The highest BCUT2D eigenvalue weighted by atomic mass is 32.2. The second-order valence-electron chi connectivity index (χ2n) is 8.92. The summed E-state index contributed by atoms with van der Waals surface area (Å²) in [5.41, 5.74) is 3.49. The van der Waals surface area contributed by atoms with Crippen LogP contribution < -0.4 is 9.47 Å². The van der Waals surface area contributed by atoms with E-state index >= 15 is 0 Å². The van der Waals surface area contributed by atoms with Crippen LogP contribution in [-0.2, 0) is 15.6 Å². The van der Waals surface area contributed by atoms with E-state index in [1.54, 1.807) is 68.7 Å². The van der Waals surface area contributed by atoms with E-state index in [1.807, 2.05) is 26.8 Å². The van der Waals surface area contributed by atoms with Crippen molar-refractivity contribution in [2.75, 3.05) is 14.2 Å². The third kappa shape index (κ3) is 5.31. The molecule has 0 bridgehead atoms. The van der Waals surface area contributed by atoms with Crippen LogP contribution in [0.4, 0.5) is 0 Å². The number of methoxy groups -OCH3 is 2. The van der Waals surface area contributed by atoms with Gasteiger partial charge in [-0.05, 0) is 44.5 Å². The molecule has 37 heavy (non-hydrogen) atoms. The molecule has 3 heterocycles. The number of hydrogen-bond acceptors (Lipinski definition) is 9. The van der Waals surface area contributed by atoms with E-state index in [9.17, 15) is 8.42 Å². The van der Waals surface area contributed by atoms with Crippen LogP contribution in [0.15, 0.2) is 49.1 Å². The minimum Gasteiger partial charge on any atom is -0.494 e. The van der Waals surface area contributed by atoms with Crippen molar-refractivity contribution in [3.63, 3.8) is 0 Å². The Morgan fingerprint density at radius 1 is 0.946 bits per heavy atom. The molecule has 0 radical (unpaired) electrons. The fraction of sp³-hybridized carbons (Fsp3) is 0.346. The second kappa shape index (κ2) is 10.6. The lowest BCUT2D eigenvalue weighted by molar-refractivity contribution is 0.390. The van der Waals surface area contributed by atoms with Gasteiger partial charge in [0.05, 0.1) is 30.9 Å². The molecule has 0 aliphatic heterocycles. The minimum absolute atomic E-state index is 0.230. The van der Waals surface area contributed by atoms with Gasteiger partial charge >= 0.3 is 0 Å². The van der Waals surface area contributed by atoms with E-state index in [4.69, 9.17) is 9.47 Å². The first kappa shape index (κ1) is 26.2. The first-order valence-electron chi connectivity index (χ1n) is 11.7. The first-order valence-corrected chi connectivity index (χ1v) is 13.5. The first-order chi connectivity index (χ1) is 17.7. The molecular weight excluding hydrogens is 492 g/mol. The number of sulfone groups is 1. The summed E-state index contributed by atoms with van der Waals surface area (Å²) in [6, 6.07) is 7.25. The molecule has 0 saturated carbocycles. The zero-order chi connectivity index (χ0) is 26.7. The molecule has 11 heteroatoms. The molecule has 10 nitrogen and oxygen atoms in total. The topological polar surface area (TPSA) is 122 Å². The Bertz CT molecular complexity index is 1480. The van der Waals surface area contributed by atoms with Crippen LogP contribution in [-0.4, -0.2) is 57.6 Å². The van der Waals surface area contributed by atoms with Gasteiger partial charge in [0.1, 0.15) is 22.9 Å². The van der Waals surface area contributed by atoms with Crippen LogP contribution in [0.2, 0.25) is 0 Å². The zero-order valence-corrected chi connectivity index (χ0v) is 22.5. The molecule has 4 rings (SSSR count). The number of hydrogen-bond donors (Lipinski definition) is 0. The highest BCUT2D eigenvalue weighted by Crippen LogP contribution is 2.37. The van der Waals surface area contributed by atoms with Crippen LogP contribution in [0.3, 0.4) is 0 Å². The van der Waals surface area contributed by atoms with Crippen molar-refractivity contribution in [3.05, 3.63) is 71.8 Å². The fourth-order valence-corrected chi connectivity index (χ4v) is 5.63. The Labute approximate surface area is 216 Å². The molecule has 0 amide bonds. The van der Waals surface area contributed by atoms with E-state index in [0.29, 0.717) is 34.3 Å². The highest BCUT2D eigenvalue weighted by Gasteiger charge is 2.32. The molecule has 3 aromatic heterocycles. The van der Waals surface area contributed by atoms with Gasteiger partial charge in [-0.15, -0.1) is 10.2 Å². The third-order valence-corrected chi connectivity index (χ3v) is 8.56. The number of benzene rings is 1. The molecule has 1 aromatic carbocycles. The standard InChI is InChI=1S/C26H30N6O4S/c1-16-10-20(13-27-11-16)26-31-30-24(32(26)25-22(35-5)8-7-9-23(25)36-6)15-37(33,34)19(4)18(3)21-14-28-17(2)12-29-21/h7-14,18-19H,15H2,1-6H3/t18-,19-/m1/s1. The molecule has 4 aromatic rings. The van der Waals surface area contributed by atoms with Crippen molar-refractivity contribution in [1.29, 1.82) is 0 Å². The lowest BCUT2D eigenvalue weighted by Crippen LogP contribution is -2.27. The average Bonchev–Trinajstić information content (AvgIpc) is 3.29. The Kier molecular flexibility index (Phi) is 7.53. The Morgan fingerprint density at radius 2 is 1.65 bits per heavy atom. The predicted octanol–water partition coefficient (Wildman–Crippen LogP) is 3.86. The maximum atomic E-state index is 13.7. The maximum absolute atomic E-state index is 13.7. The summed E-state index contributed by atoms with van der Waals surface area (Å²) in [6.45, 7) is 7.27. The molecule has 0 fully saturated rings. The SMILES string of the molecule is COc1cccc(OC)c1-n1c(CS(=O)(=O)[C@H](C)[C@@H](C)c2cnc(C)cn2)nnc1-c1cncc(C)c1. The van der Waals surface area contributed by atoms with Crippen LogP contribution in [0.1, 0.15) is 42.5 Å². The van der Waals surface area contributed by atoms with Gasteiger partial charge in [-0.25, -0.2) is 8.42 Å². The summed E-state index contributed by atoms with van der Waals surface area (Å²) in [5.74, 6) is 0.885. The number of aryl methyl sites for hydroxylation is 2. The molecule has 0 aliphatic carbocycles. The Balaban J connectivity index is 1.83. The summed E-state index contributed by atoms with van der Waals surface area (Å²) in [6.07, 6.45) is 6.65. The van der Waals surface area contributed by atoms with E-state index in [2.05, 4.69) is 25.1 Å². The highest BCUT2D eigenvalue weighted by molar-refractivity contribution is 7.91. The molecule has 0 saturated heterocycles. The maximum Gasteiger partial charge on any atom is 0.170 e. The van der Waals surface area contributed by atoms with Gasteiger partial charge < -0.3 is 9.47 Å². The van der Waals surface area contributed by atoms with Gasteiger partial charge in [-0.1, -0.05) is 13.0 Å². The number of ether oxygens (including phenoxy) is 2. The average molecular weight is 523 g/mol. The largest absolute Gasteiger partial charge is 0.494 e. The van der Waals surface area contributed by atoms with Crippen LogP contribution in [0.5, 0.6) is 11.5 Å². The van der Waals surface area contributed by atoms with E-state index in [0.717, 1.165) is 11.3 Å². The summed E-state index contributed by atoms with van der Waals surface area (Å²) < 4.78 is 40.3. The molecule has 0 N–H and O–H groups in total. The van der Waals surface area contributed by atoms with Crippen molar-refractivity contribution >= 4 is 9.84 Å². The van der Waals surface area contributed by atoms with Gasteiger partial charge in [0.2, 0.25) is 0 Å². The molecule has 0 spiro atoms. The minimum atomic E-state index is -3.71. The van der Waals surface area contributed by atoms with Crippen molar-refractivity contribution in [2.24, 2.45) is 0 Å². The van der Waals surface area contributed by atoms with Gasteiger partial charge in [0.15, 0.2) is 21.5 Å². The lowest BCUT2D eigenvalue weighted by Gasteiger charge is -2.21. The van der Waals surface area contributed by atoms with Crippen LogP contribution >= 0.6 is 0 Å². The quantitative estimate of drug-likeness (QED) is 0.322. The monoisotopic (exact) mass is 522 g/mol. The molecule has 0 unspecified atom stereocenters. The number of aromatic nitrogens is 6. The third-order valence-electron chi connectivity index (χ3n) is 6.36. The smallest absolute Gasteiger partial charge is 0.170 e. The lowest BCUT2D eigenvalue weighted by atomic mass is 10.1.